The van der Waals surface area contributed by atoms with Gasteiger partial charge in [-0.15, -0.1) is 11.3 Å². The first-order chi connectivity index (χ1) is 18.2. The van der Waals surface area contributed by atoms with Crippen LogP contribution in [0.4, 0.5) is 5.13 Å². The highest BCUT2D eigenvalue weighted by Crippen LogP contribution is 2.53. The number of nitrogens with one attached hydrogen (secondary N) is 1. The number of halogens is 1. The van der Waals surface area contributed by atoms with E-state index in [4.69, 9.17) is 25.8 Å². The Balaban J connectivity index is 1.29. The van der Waals surface area contributed by atoms with E-state index in [9.17, 15) is 14.4 Å². The molecule has 0 radical (unpaired) electrons. The van der Waals surface area contributed by atoms with Crippen molar-refractivity contribution < 1.29 is 28.6 Å². The molecule has 1 amide bonds. The Hall–Kier alpha value is -3.15. The highest BCUT2D eigenvalue weighted by Gasteiger charge is 2.60. The van der Waals surface area contributed by atoms with Crippen LogP contribution in [-0.2, 0) is 16.1 Å². The van der Waals surface area contributed by atoms with Crippen molar-refractivity contribution in [1.82, 2.24) is 14.8 Å². The lowest BCUT2D eigenvalue weighted by Crippen LogP contribution is -2.56. The number of benzene rings is 1. The zero-order chi connectivity index (χ0) is 27.2. The molecule has 10 nitrogen and oxygen atoms in total. The van der Waals surface area contributed by atoms with Crippen LogP contribution in [0, 0.1) is 5.92 Å². The Morgan fingerprint density at radius 2 is 1.95 bits per heavy atom. The molecule has 1 fully saturated rings. The molecular formula is C26H29ClN4O6S. The van der Waals surface area contributed by atoms with Crippen LogP contribution in [0.15, 0.2) is 24.0 Å². The molecule has 1 aliphatic carbocycles. The molecule has 1 saturated heterocycles. The number of ether oxygens (including phenoxy) is 3. The van der Waals surface area contributed by atoms with Crippen LogP contribution in [0.1, 0.15) is 35.5 Å². The summed E-state index contributed by atoms with van der Waals surface area (Å²) >= 11 is 7.94. The number of nitrogens with zero attached hydrogens (tertiary/aromatic N) is 3. The minimum absolute atomic E-state index is 0.128. The topological polar surface area (TPSA) is 110 Å². The van der Waals surface area contributed by atoms with Gasteiger partial charge in [0.15, 0.2) is 10.9 Å². The molecule has 3 aliphatic rings. The molecule has 1 N–H and O–H groups in total. The number of rotatable bonds is 6. The molecule has 5 rings (SSSR count). The van der Waals surface area contributed by atoms with Gasteiger partial charge < -0.3 is 24.4 Å². The number of allylic oxidation sites excluding steroid dienone is 1. The monoisotopic (exact) mass is 560 g/mol. The standard InChI is InChI=1S/C26H29ClN4O6S/c1-14-9-16(31-7-5-30(6-8-31)13-17-12-28-25(38-17)29-15(2)32)10-20(33)26(14)24(34)21-18(35-3)11-19(36-4)22(27)23(21)37-26/h10-12,14H,5-9,13H2,1-4H3,(H,28,29,32)/t14-,26+/m1/s1. The molecule has 2 atom stereocenters. The maximum absolute atomic E-state index is 13.7. The zero-order valence-electron chi connectivity index (χ0n) is 21.6. The number of ketones is 2. The third-order valence-electron chi connectivity index (χ3n) is 7.29. The molecule has 0 bridgehead atoms. The predicted octanol–water partition coefficient (Wildman–Crippen LogP) is 3.40. The number of Topliss-reactive ketones (excluding diaryl/α,β-unsaturated/α-hetero) is 1. The molecule has 1 aromatic heterocycles. The molecule has 38 heavy (non-hydrogen) atoms. The van der Waals surface area contributed by atoms with Crippen LogP contribution in [-0.4, -0.2) is 78.3 Å². The van der Waals surface area contributed by atoms with Crippen LogP contribution in [0.5, 0.6) is 17.2 Å². The third kappa shape index (κ3) is 4.42. The van der Waals surface area contributed by atoms with Gasteiger partial charge in [0.05, 0.1) is 14.2 Å². The van der Waals surface area contributed by atoms with E-state index in [1.54, 1.807) is 12.3 Å². The van der Waals surface area contributed by atoms with Gasteiger partial charge in [-0.25, -0.2) is 4.98 Å². The number of aromatic nitrogens is 1. The first-order valence-corrected chi connectivity index (χ1v) is 13.5. The number of hydrogen-bond donors (Lipinski definition) is 1. The summed E-state index contributed by atoms with van der Waals surface area (Å²) < 4.78 is 16.9. The molecule has 0 unspecified atom stereocenters. The van der Waals surface area contributed by atoms with E-state index in [0.717, 1.165) is 43.3 Å². The average Bonchev–Trinajstić information content (AvgIpc) is 3.45. The van der Waals surface area contributed by atoms with Crippen LogP contribution in [0.3, 0.4) is 0 Å². The second-order valence-electron chi connectivity index (χ2n) is 9.65. The minimum Gasteiger partial charge on any atom is -0.496 e. The van der Waals surface area contributed by atoms with E-state index in [0.29, 0.717) is 17.3 Å². The van der Waals surface area contributed by atoms with Gasteiger partial charge in [-0.1, -0.05) is 18.5 Å². The van der Waals surface area contributed by atoms with Crippen molar-refractivity contribution in [2.24, 2.45) is 5.92 Å². The summed E-state index contributed by atoms with van der Waals surface area (Å²) in [5, 5.41) is 3.46. The van der Waals surface area contributed by atoms with E-state index < -0.39 is 17.3 Å². The SMILES string of the molecule is COc1cc(OC)c2c(c1Cl)O[C@@]1(C(=O)C=C(N3CCN(Cc4cnc(NC(C)=O)s4)CC3)C[C@H]1C)C2=O. The second kappa shape index (κ2) is 10.2. The van der Waals surface area contributed by atoms with Gasteiger partial charge in [-0.3, -0.25) is 19.3 Å². The van der Waals surface area contributed by atoms with Crippen molar-refractivity contribution >= 4 is 45.5 Å². The Kier molecular flexibility index (Phi) is 7.10. The summed E-state index contributed by atoms with van der Waals surface area (Å²) in [5.74, 6) is -0.675. The number of methoxy groups -OCH3 is 2. The number of carbonyl (C=O) groups is 3. The molecule has 3 heterocycles. The number of hydrogen-bond acceptors (Lipinski definition) is 10. The van der Waals surface area contributed by atoms with E-state index in [2.05, 4.69) is 20.1 Å². The largest absolute Gasteiger partial charge is 0.496 e. The van der Waals surface area contributed by atoms with E-state index in [-0.39, 0.29) is 33.8 Å². The molecule has 202 valence electrons. The van der Waals surface area contributed by atoms with Crippen molar-refractivity contribution in [3.63, 3.8) is 0 Å². The lowest BCUT2D eigenvalue weighted by atomic mass is 9.74. The highest BCUT2D eigenvalue weighted by molar-refractivity contribution is 7.15. The van der Waals surface area contributed by atoms with Crippen molar-refractivity contribution in [2.75, 3.05) is 45.7 Å². The Morgan fingerprint density at radius 1 is 1.24 bits per heavy atom. The van der Waals surface area contributed by atoms with Gasteiger partial charge >= 0.3 is 0 Å². The van der Waals surface area contributed by atoms with Gasteiger partial charge in [0.2, 0.25) is 23.1 Å². The van der Waals surface area contributed by atoms with E-state index >= 15 is 0 Å². The fraction of sp³-hybridized carbons (Fsp3) is 0.462. The van der Waals surface area contributed by atoms with Gasteiger partial charge in [0.1, 0.15) is 22.1 Å². The molecule has 12 heteroatoms. The first kappa shape index (κ1) is 26.5. The minimum atomic E-state index is -1.67. The van der Waals surface area contributed by atoms with Crippen LogP contribution >= 0.6 is 22.9 Å². The highest BCUT2D eigenvalue weighted by atomic mass is 35.5. The summed E-state index contributed by atoms with van der Waals surface area (Å²) in [6, 6.07) is 1.53. The number of anilines is 1. The fourth-order valence-corrected chi connectivity index (χ4v) is 6.49. The molecule has 1 aromatic carbocycles. The van der Waals surface area contributed by atoms with Crippen LogP contribution in [0.2, 0.25) is 5.02 Å². The summed E-state index contributed by atoms with van der Waals surface area (Å²) in [4.78, 5) is 48.4. The second-order valence-corrected chi connectivity index (χ2v) is 11.1. The normalized spacial score (nSPS) is 23.2. The Labute approximate surface area is 229 Å². The first-order valence-electron chi connectivity index (χ1n) is 12.3. The average molecular weight is 561 g/mol. The quantitative estimate of drug-likeness (QED) is 0.531. The predicted molar refractivity (Wildman–Crippen MR) is 142 cm³/mol. The number of piperazine rings is 1. The Morgan fingerprint density at radius 3 is 2.58 bits per heavy atom. The van der Waals surface area contributed by atoms with Gasteiger partial charge in [-0.2, -0.15) is 0 Å². The van der Waals surface area contributed by atoms with Crippen molar-refractivity contribution in [1.29, 1.82) is 0 Å². The lowest BCUT2D eigenvalue weighted by molar-refractivity contribution is -0.129. The Bertz CT molecular complexity index is 1340. The van der Waals surface area contributed by atoms with Crippen molar-refractivity contribution in [3.05, 3.63) is 39.5 Å². The third-order valence-corrected chi connectivity index (χ3v) is 8.54. The van der Waals surface area contributed by atoms with Crippen molar-refractivity contribution in [3.8, 4) is 17.2 Å². The van der Waals surface area contributed by atoms with Gasteiger partial charge in [-0.05, 0) is 6.42 Å². The van der Waals surface area contributed by atoms with Crippen LogP contribution in [0.25, 0.3) is 0 Å². The smallest absolute Gasteiger partial charge is 0.236 e. The lowest BCUT2D eigenvalue weighted by Gasteiger charge is -2.42. The molecule has 2 aliphatic heterocycles. The van der Waals surface area contributed by atoms with Crippen LogP contribution < -0.4 is 19.5 Å². The fourth-order valence-electron chi connectivity index (χ4n) is 5.33. The summed E-state index contributed by atoms with van der Waals surface area (Å²) in [5.41, 5.74) is -0.593. The summed E-state index contributed by atoms with van der Waals surface area (Å²) in [7, 11) is 2.91. The molecule has 2 aromatic rings. The molecular weight excluding hydrogens is 532 g/mol. The van der Waals surface area contributed by atoms with Gasteiger partial charge in [0.25, 0.3) is 0 Å². The summed E-state index contributed by atoms with van der Waals surface area (Å²) in [6.45, 7) is 7.20. The molecule has 0 saturated carbocycles. The number of amides is 1. The van der Waals surface area contributed by atoms with Crippen molar-refractivity contribution in [2.45, 2.75) is 32.4 Å². The van der Waals surface area contributed by atoms with E-state index in [1.165, 1.54) is 38.5 Å². The molecule has 1 spiro atoms. The summed E-state index contributed by atoms with van der Waals surface area (Å²) in [6.07, 6.45) is 3.86. The maximum atomic E-state index is 13.7. The zero-order valence-corrected chi connectivity index (χ0v) is 23.2. The number of thiazole rings is 1. The number of fused-ring (bicyclic) bond motifs is 1. The maximum Gasteiger partial charge on any atom is 0.236 e. The van der Waals surface area contributed by atoms with E-state index in [1.807, 2.05) is 6.92 Å². The van der Waals surface area contributed by atoms with Gasteiger partial charge in [0, 0.05) is 74.5 Å². The number of carbonyl (C=O) groups excluding carboxylic acids is 3.